The predicted molar refractivity (Wildman–Crippen MR) is 119 cm³/mol. The van der Waals surface area contributed by atoms with Crippen molar-refractivity contribution in [2.75, 3.05) is 11.1 Å². The number of nitrogens with zero attached hydrogens (tertiary/aromatic N) is 3. The van der Waals surface area contributed by atoms with Gasteiger partial charge in [-0.1, -0.05) is 27.7 Å². The van der Waals surface area contributed by atoms with Crippen LogP contribution in [0.5, 0.6) is 5.75 Å². The number of amides is 1. The fraction of sp³-hybridized carbons (Fsp3) is 0.158. The number of benzene rings is 2. The minimum absolute atomic E-state index is 0.104. The number of H-pyrrole nitrogens is 2. The number of carbonyl (C=O) groups excluding carboxylic acids is 1. The van der Waals surface area contributed by atoms with Crippen molar-refractivity contribution in [3.63, 3.8) is 0 Å². The van der Waals surface area contributed by atoms with E-state index in [1.807, 2.05) is 11.5 Å². The molecule has 0 radical (unpaired) electrons. The van der Waals surface area contributed by atoms with Crippen molar-refractivity contribution in [3.05, 3.63) is 51.4 Å². The highest BCUT2D eigenvalue weighted by molar-refractivity contribution is 9.10. The first-order valence-corrected chi connectivity index (χ1v) is 10.8. The molecule has 9 nitrogen and oxygen atoms in total. The standard InChI is InChI=1S/C19H17BrN6O3S/c1-2-26-17(12-7-10(20)3-6-15(12)27)24-25-19(26)30-9-16(28)21-11-4-5-13-14(8-11)23-18(29)22-13/h3-8,27H,2,9H2,1H3,(H,21,28)(H2,22,23,29). The molecule has 0 atom stereocenters. The van der Waals surface area contributed by atoms with Crippen LogP contribution in [-0.2, 0) is 11.3 Å². The van der Waals surface area contributed by atoms with Crippen molar-refractivity contribution >= 4 is 50.3 Å². The Morgan fingerprint density at radius 1 is 1.20 bits per heavy atom. The van der Waals surface area contributed by atoms with Crippen LogP contribution in [0.2, 0.25) is 0 Å². The molecule has 0 aliphatic rings. The number of nitrogens with one attached hydrogen (secondary N) is 3. The van der Waals surface area contributed by atoms with Crippen LogP contribution in [0.3, 0.4) is 0 Å². The number of thioether (sulfide) groups is 1. The van der Waals surface area contributed by atoms with Gasteiger partial charge in [-0.3, -0.25) is 4.79 Å². The number of phenols is 1. The number of rotatable bonds is 6. The van der Waals surface area contributed by atoms with Gasteiger partial charge in [0.25, 0.3) is 0 Å². The lowest BCUT2D eigenvalue weighted by Gasteiger charge is -2.09. The zero-order chi connectivity index (χ0) is 21.3. The molecule has 0 fully saturated rings. The molecule has 0 spiro atoms. The Hall–Kier alpha value is -3.05. The molecule has 4 rings (SSSR count). The largest absolute Gasteiger partial charge is 0.507 e. The first-order chi connectivity index (χ1) is 14.4. The first kappa shape index (κ1) is 20.2. The Morgan fingerprint density at radius 3 is 2.80 bits per heavy atom. The molecular weight excluding hydrogens is 472 g/mol. The minimum atomic E-state index is -0.296. The summed E-state index contributed by atoms with van der Waals surface area (Å²) in [5.41, 5.74) is 2.14. The van der Waals surface area contributed by atoms with Gasteiger partial charge in [0.15, 0.2) is 11.0 Å². The molecule has 0 saturated carbocycles. The SMILES string of the molecule is CCn1c(SCC(=O)Nc2ccc3[nH]c(=O)[nH]c3c2)nnc1-c1cc(Br)ccc1O. The molecule has 2 aromatic carbocycles. The maximum atomic E-state index is 12.4. The van der Waals surface area contributed by atoms with E-state index in [1.165, 1.54) is 11.8 Å². The van der Waals surface area contributed by atoms with Crippen LogP contribution in [0.1, 0.15) is 6.92 Å². The molecule has 11 heteroatoms. The number of anilines is 1. The molecule has 0 bridgehead atoms. The second kappa shape index (κ2) is 8.36. The lowest BCUT2D eigenvalue weighted by molar-refractivity contribution is -0.113. The molecule has 30 heavy (non-hydrogen) atoms. The van der Waals surface area contributed by atoms with E-state index in [1.54, 1.807) is 36.4 Å². The van der Waals surface area contributed by atoms with Crippen molar-refractivity contribution in [1.82, 2.24) is 24.7 Å². The lowest BCUT2D eigenvalue weighted by Crippen LogP contribution is -2.14. The molecular formula is C19H17BrN6O3S. The molecule has 0 aliphatic heterocycles. The fourth-order valence-electron chi connectivity index (χ4n) is 3.00. The number of aromatic nitrogens is 5. The van der Waals surface area contributed by atoms with Crippen molar-refractivity contribution in [1.29, 1.82) is 0 Å². The Labute approximate surface area is 183 Å². The highest BCUT2D eigenvalue weighted by Gasteiger charge is 2.17. The van der Waals surface area contributed by atoms with Crippen LogP contribution in [0.4, 0.5) is 5.69 Å². The predicted octanol–water partition coefficient (Wildman–Crippen LogP) is 3.33. The van der Waals surface area contributed by atoms with Crippen LogP contribution in [0.15, 0.2) is 50.8 Å². The maximum Gasteiger partial charge on any atom is 0.323 e. The van der Waals surface area contributed by atoms with Gasteiger partial charge in [0.05, 0.1) is 22.3 Å². The number of phenolic OH excluding ortho intramolecular Hbond substituents is 1. The third kappa shape index (κ3) is 4.12. The van der Waals surface area contributed by atoms with E-state index >= 15 is 0 Å². The molecule has 1 amide bonds. The number of aromatic hydroxyl groups is 1. The summed E-state index contributed by atoms with van der Waals surface area (Å²) in [7, 11) is 0. The van der Waals surface area contributed by atoms with Crippen molar-refractivity contribution in [2.24, 2.45) is 0 Å². The Morgan fingerprint density at radius 2 is 2.00 bits per heavy atom. The molecule has 2 heterocycles. The Bertz CT molecular complexity index is 1300. The molecule has 0 saturated heterocycles. The van der Waals surface area contributed by atoms with Gasteiger partial charge >= 0.3 is 5.69 Å². The summed E-state index contributed by atoms with van der Waals surface area (Å²) in [4.78, 5) is 29.1. The van der Waals surface area contributed by atoms with Crippen molar-refractivity contribution in [3.8, 4) is 17.1 Å². The molecule has 4 N–H and O–H groups in total. The van der Waals surface area contributed by atoms with Gasteiger partial charge in [-0.15, -0.1) is 10.2 Å². The van der Waals surface area contributed by atoms with E-state index in [-0.39, 0.29) is 23.1 Å². The third-order valence-corrected chi connectivity index (χ3v) is 5.82. The molecule has 0 unspecified atom stereocenters. The minimum Gasteiger partial charge on any atom is -0.507 e. The topological polar surface area (TPSA) is 129 Å². The quantitative estimate of drug-likeness (QED) is 0.308. The number of imidazole rings is 1. The van der Waals surface area contributed by atoms with Gasteiger partial charge in [-0.05, 0) is 43.3 Å². The second-order valence-corrected chi connectivity index (χ2v) is 8.25. The van der Waals surface area contributed by atoms with Crippen LogP contribution in [0.25, 0.3) is 22.4 Å². The summed E-state index contributed by atoms with van der Waals surface area (Å²) < 4.78 is 2.66. The Balaban J connectivity index is 1.47. The lowest BCUT2D eigenvalue weighted by atomic mass is 10.2. The van der Waals surface area contributed by atoms with E-state index in [0.29, 0.717) is 39.8 Å². The average molecular weight is 489 g/mol. The van der Waals surface area contributed by atoms with Crippen LogP contribution >= 0.6 is 27.7 Å². The monoisotopic (exact) mass is 488 g/mol. The van der Waals surface area contributed by atoms with E-state index in [9.17, 15) is 14.7 Å². The molecule has 4 aromatic rings. The third-order valence-electron chi connectivity index (χ3n) is 4.36. The summed E-state index contributed by atoms with van der Waals surface area (Å²) in [5.74, 6) is 0.549. The zero-order valence-corrected chi connectivity index (χ0v) is 18.2. The van der Waals surface area contributed by atoms with Gasteiger partial charge in [0, 0.05) is 16.7 Å². The van der Waals surface area contributed by atoms with Crippen LogP contribution in [-0.4, -0.2) is 41.5 Å². The van der Waals surface area contributed by atoms with Crippen molar-refractivity contribution in [2.45, 2.75) is 18.6 Å². The normalized spacial score (nSPS) is 11.1. The summed E-state index contributed by atoms with van der Waals surface area (Å²) in [5, 5.41) is 21.9. The van der Waals surface area contributed by atoms with Crippen LogP contribution < -0.4 is 11.0 Å². The number of hydrogen-bond donors (Lipinski definition) is 4. The van der Waals surface area contributed by atoms with E-state index in [0.717, 1.165) is 4.47 Å². The first-order valence-electron chi connectivity index (χ1n) is 9.01. The van der Waals surface area contributed by atoms with E-state index < -0.39 is 0 Å². The summed E-state index contributed by atoms with van der Waals surface area (Å²) in [6, 6.07) is 10.2. The molecule has 0 aliphatic carbocycles. The van der Waals surface area contributed by atoms with E-state index in [2.05, 4.69) is 41.4 Å². The number of aromatic amines is 2. The zero-order valence-electron chi connectivity index (χ0n) is 15.8. The molecule has 2 aromatic heterocycles. The highest BCUT2D eigenvalue weighted by atomic mass is 79.9. The van der Waals surface area contributed by atoms with Gasteiger partial charge in [-0.2, -0.15) is 0 Å². The number of carbonyl (C=O) groups is 1. The highest BCUT2D eigenvalue weighted by Crippen LogP contribution is 2.32. The van der Waals surface area contributed by atoms with Gasteiger partial charge in [0.1, 0.15) is 5.75 Å². The number of hydrogen-bond acceptors (Lipinski definition) is 6. The van der Waals surface area contributed by atoms with Gasteiger partial charge < -0.3 is 25.0 Å². The number of halogens is 1. The maximum absolute atomic E-state index is 12.4. The average Bonchev–Trinajstić information content (AvgIpc) is 3.29. The summed E-state index contributed by atoms with van der Waals surface area (Å²) in [6.07, 6.45) is 0. The van der Waals surface area contributed by atoms with Crippen LogP contribution in [0, 0.1) is 0 Å². The Kier molecular flexibility index (Phi) is 5.64. The van der Waals surface area contributed by atoms with E-state index in [4.69, 9.17) is 0 Å². The fourth-order valence-corrected chi connectivity index (χ4v) is 4.17. The molecule has 154 valence electrons. The second-order valence-electron chi connectivity index (χ2n) is 6.39. The summed E-state index contributed by atoms with van der Waals surface area (Å²) >= 11 is 4.65. The number of fused-ring (bicyclic) bond motifs is 1. The summed E-state index contributed by atoms with van der Waals surface area (Å²) in [6.45, 7) is 2.52. The van der Waals surface area contributed by atoms with Gasteiger partial charge in [-0.25, -0.2) is 4.79 Å². The van der Waals surface area contributed by atoms with Crippen molar-refractivity contribution < 1.29 is 9.90 Å². The van der Waals surface area contributed by atoms with Gasteiger partial charge in [0.2, 0.25) is 5.91 Å². The smallest absolute Gasteiger partial charge is 0.323 e.